The van der Waals surface area contributed by atoms with Crippen molar-refractivity contribution in [3.63, 3.8) is 0 Å². The van der Waals surface area contributed by atoms with Gasteiger partial charge in [0.15, 0.2) is 6.10 Å². The maximum atomic E-state index is 12.3. The van der Waals surface area contributed by atoms with Crippen molar-refractivity contribution in [2.45, 2.75) is 52.4 Å². The number of ether oxygens (including phenoxy) is 4. The first kappa shape index (κ1) is 23.3. The average Bonchev–Trinajstić information content (AvgIpc) is 3.12. The summed E-state index contributed by atoms with van der Waals surface area (Å²) in [5, 5.41) is 3.29. The highest BCUT2D eigenvalue weighted by atomic mass is 32.1. The molecule has 0 aliphatic carbocycles. The predicted octanol–water partition coefficient (Wildman–Crippen LogP) is 1.01. The number of nitrogens with zero attached hydrogens (tertiary/aromatic N) is 3. The zero-order valence-electron chi connectivity index (χ0n) is 17.6. The molecule has 1 N–H and O–H groups in total. The molecule has 1 aliphatic heterocycles. The number of carbonyl (C=O) groups excluding carboxylic acids is 2. The van der Waals surface area contributed by atoms with E-state index < -0.39 is 24.1 Å². The summed E-state index contributed by atoms with van der Waals surface area (Å²) in [7, 11) is 0. The van der Waals surface area contributed by atoms with Gasteiger partial charge in [-0.1, -0.05) is 0 Å². The van der Waals surface area contributed by atoms with Crippen molar-refractivity contribution in [3.05, 3.63) is 0 Å². The van der Waals surface area contributed by atoms with Gasteiger partial charge in [-0.3, -0.25) is 4.79 Å². The molecule has 1 fully saturated rings. The Bertz CT molecular complexity index is 672. The van der Waals surface area contributed by atoms with Crippen LogP contribution >= 0.6 is 11.7 Å². The number of morpholine rings is 1. The Morgan fingerprint density at radius 1 is 1.24 bits per heavy atom. The lowest BCUT2D eigenvalue weighted by atomic mass is 10.1. The van der Waals surface area contributed by atoms with Crippen LogP contribution in [0.15, 0.2) is 0 Å². The van der Waals surface area contributed by atoms with E-state index in [0.29, 0.717) is 44.5 Å². The average molecular weight is 431 g/mol. The van der Waals surface area contributed by atoms with E-state index in [9.17, 15) is 9.59 Å². The molecule has 1 aromatic heterocycles. The molecule has 164 valence electrons. The minimum absolute atomic E-state index is 0.0877. The van der Waals surface area contributed by atoms with Gasteiger partial charge in [-0.05, 0) is 27.7 Å². The highest BCUT2D eigenvalue weighted by molar-refractivity contribution is 6.99. The number of nitrogens with one attached hydrogen (secondary N) is 1. The fourth-order valence-corrected chi connectivity index (χ4v) is 3.04. The quantitative estimate of drug-likeness (QED) is 0.570. The van der Waals surface area contributed by atoms with Gasteiger partial charge >= 0.3 is 11.9 Å². The van der Waals surface area contributed by atoms with Gasteiger partial charge in [-0.2, -0.15) is 4.37 Å². The van der Waals surface area contributed by atoms with Crippen molar-refractivity contribution < 1.29 is 28.5 Å². The fraction of sp³-hybridized carbons (Fsp3) is 0.778. The number of esters is 2. The molecule has 0 bridgehead atoms. The largest absolute Gasteiger partial charge is 0.470 e. The van der Waals surface area contributed by atoms with Crippen molar-refractivity contribution in [2.24, 2.45) is 0 Å². The summed E-state index contributed by atoms with van der Waals surface area (Å²) in [5.74, 6) is -0.102. The van der Waals surface area contributed by atoms with E-state index in [-0.39, 0.29) is 12.1 Å². The molecule has 2 rings (SSSR count). The second-order valence-corrected chi connectivity index (χ2v) is 8.27. The number of hydrogen-bond acceptors (Lipinski definition) is 11. The summed E-state index contributed by atoms with van der Waals surface area (Å²) in [4.78, 5) is 25.4. The maximum absolute atomic E-state index is 12.3. The smallest absolute Gasteiger partial charge is 0.347 e. The van der Waals surface area contributed by atoms with E-state index in [1.165, 1.54) is 13.8 Å². The number of anilines is 1. The second kappa shape index (κ2) is 10.7. The number of hydrogen-bond donors (Lipinski definition) is 1. The van der Waals surface area contributed by atoms with Crippen LogP contribution in [0.2, 0.25) is 0 Å². The number of aromatic nitrogens is 2. The van der Waals surface area contributed by atoms with E-state index in [4.69, 9.17) is 18.9 Å². The SMILES string of the molecule is CC(=O)O[C@H](C)C(=O)O[C@@H](CNC(C)(C)C)COc1nsnc1N1CCOCC1. The summed E-state index contributed by atoms with van der Waals surface area (Å²) in [6, 6.07) is 0. The van der Waals surface area contributed by atoms with E-state index >= 15 is 0 Å². The third kappa shape index (κ3) is 8.11. The molecule has 0 unspecified atom stereocenters. The first-order chi connectivity index (χ1) is 13.7. The van der Waals surface area contributed by atoms with Crippen molar-refractivity contribution in [1.82, 2.24) is 14.1 Å². The highest BCUT2D eigenvalue weighted by Gasteiger charge is 2.26. The normalized spacial score (nSPS) is 16.8. The summed E-state index contributed by atoms with van der Waals surface area (Å²) < 4.78 is 30.2. The lowest BCUT2D eigenvalue weighted by Gasteiger charge is -2.28. The van der Waals surface area contributed by atoms with Gasteiger partial charge in [0.2, 0.25) is 5.82 Å². The number of rotatable bonds is 9. The van der Waals surface area contributed by atoms with E-state index in [0.717, 1.165) is 11.7 Å². The standard InChI is InChI=1S/C18H30N4O6S/c1-12(27-13(2)23)17(24)28-14(10-19-18(3,4)5)11-26-16-15(20-29-21-16)22-6-8-25-9-7-22/h12,14,19H,6-11H2,1-5H3/t12-,14+/m1/s1. The van der Waals surface area contributed by atoms with Crippen LogP contribution in [0.1, 0.15) is 34.6 Å². The van der Waals surface area contributed by atoms with Gasteiger partial charge in [-0.15, -0.1) is 4.37 Å². The zero-order chi connectivity index (χ0) is 21.4. The molecule has 0 spiro atoms. The zero-order valence-corrected chi connectivity index (χ0v) is 18.4. The lowest BCUT2D eigenvalue weighted by Crippen LogP contribution is -2.45. The van der Waals surface area contributed by atoms with Gasteiger partial charge < -0.3 is 29.2 Å². The van der Waals surface area contributed by atoms with Crippen molar-refractivity contribution in [2.75, 3.05) is 44.4 Å². The predicted molar refractivity (Wildman–Crippen MR) is 107 cm³/mol. The van der Waals surface area contributed by atoms with Gasteiger partial charge in [0, 0.05) is 32.1 Å². The Morgan fingerprint density at radius 3 is 2.55 bits per heavy atom. The molecule has 0 aromatic carbocycles. The van der Waals surface area contributed by atoms with Gasteiger partial charge in [-0.25, -0.2) is 4.79 Å². The summed E-state index contributed by atoms with van der Waals surface area (Å²) >= 11 is 1.07. The van der Waals surface area contributed by atoms with E-state index in [2.05, 4.69) is 19.0 Å². The monoisotopic (exact) mass is 430 g/mol. The van der Waals surface area contributed by atoms with Crippen LogP contribution in [0.4, 0.5) is 5.82 Å². The summed E-state index contributed by atoms with van der Waals surface area (Å²) in [6.07, 6.45) is -1.59. The first-order valence-corrected chi connectivity index (χ1v) is 10.3. The first-order valence-electron chi connectivity index (χ1n) is 9.56. The van der Waals surface area contributed by atoms with Gasteiger partial charge in [0.05, 0.1) is 24.9 Å². The van der Waals surface area contributed by atoms with Crippen molar-refractivity contribution in [1.29, 1.82) is 0 Å². The summed E-state index contributed by atoms with van der Waals surface area (Å²) in [5.41, 5.74) is -0.173. The van der Waals surface area contributed by atoms with Crippen LogP contribution in [-0.2, 0) is 23.8 Å². The van der Waals surface area contributed by atoms with Gasteiger partial charge in [0.1, 0.15) is 12.7 Å². The Hall–Kier alpha value is -1.98. The van der Waals surface area contributed by atoms with Crippen LogP contribution in [0.3, 0.4) is 0 Å². The van der Waals surface area contributed by atoms with Crippen molar-refractivity contribution >= 4 is 29.5 Å². The molecule has 0 amide bonds. The minimum Gasteiger partial charge on any atom is -0.470 e. The Labute approximate surface area is 175 Å². The van der Waals surface area contributed by atoms with Crippen LogP contribution < -0.4 is 15.0 Å². The van der Waals surface area contributed by atoms with E-state index in [1.807, 2.05) is 20.8 Å². The van der Waals surface area contributed by atoms with Crippen LogP contribution in [0, 0.1) is 0 Å². The third-order valence-electron chi connectivity index (χ3n) is 3.98. The third-order valence-corrected chi connectivity index (χ3v) is 4.48. The molecule has 1 aliphatic rings. The Balaban J connectivity index is 1.99. The molecule has 1 saturated heterocycles. The molecular weight excluding hydrogens is 400 g/mol. The van der Waals surface area contributed by atoms with E-state index in [1.54, 1.807) is 0 Å². The molecule has 0 radical (unpaired) electrons. The van der Waals surface area contributed by atoms with Gasteiger partial charge in [0.25, 0.3) is 5.88 Å². The molecular formula is C18H30N4O6S. The van der Waals surface area contributed by atoms with Crippen molar-refractivity contribution in [3.8, 4) is 5.88 Å². The highest BCUT2D eigenvalue weighted by Crippen LogP contribution is 2.26. The number of carbonyl (C=O) groups is 2. The molecule has 2 heterocycles. The van der Waals surface area contributed by atoms with Crippen LogP contribution in [0.5, 0.6) is 5.88 Å². The Kier molecular flexibility index (Phi) is 8.60. The molecule has 10 nitrogen and oxygen atoms in total. The molecule has 0 saturated carbocycles. The molecule has 2 atom stereocenters. The van der Waals surface area contributed by atoms with Crippen LogP contribution in [0.25, 0.3) is 0 Å². The molecule has 1 aromatic rings. The molecule has 29 heavy (non-hydrogen) atoms. The fourth-order valence-electron chi connectivity index (χ4n) is 2.52. The molecule has 11 heteroatoms. The maximum Gasteiger partial charge on any atom is 0.347 e. The second-order valence-electron chi connectivity index (χ2n) is 7.74. The topological polar surface area (TPSA) is 112 Å². The lowest BCUT2D eigenvalue weighted by molar-refractivity contribution is -0.170. The minimum atomic E-state index is -0.991. The van der Waals surface area contributed by atoms with Crippen LogP contribution in [-0.4, -0.2) is 77.9 Å². The Morgan fingerprint density at radius 2 is 1.93 bits per heavy atom. The summed E-state index contributed by atoms with van der Waals surface area (Å²) in [6.45, 7) is 11.9.